The minimum atomic E-state index is -1.54. The molecule has 0 fully saturated rings. The quantitative estimate of drug-likeness (QED) is 0.461. The molecular weight excluding hydrogens is 328 g/mol. The Labute approximate surface area is 156 Å². The van der Waals surface area contributed by atoms with Crippen molar-refractivity contribution in [3.05, 3.63) is 0 Å². The highest BCUT2D eigenvalue weighted by Crippen LogP contribution is 2.39. The summed E-state index contributed by atoms with van der Waals surface area (Å²) in [6.45, 7) is 35.6. The lowest BCUT2D eigenvalue weighted by atomic mass is 10.2. The molecule has 0 saturated heterocycles. The molecule has 0 unspecified atom stereocenters. The zero-order valence-electron chi connectivity index (χ0n) is 19.8. The van der Waals surface area contributed by atoms with Crippen molar-refractivity contribution < 1.29 is 8.85 Å². The molecule has 0 rings (SSSR count). The van der Waals surface area contributed by atoms with Gasteiger partial charge in [0, 0.05) is 11.2 Å². The summed E-state index contributed by atoms with van der Waals surface area (Å²) in [5.74, 6) is 0. The Morgan fingerprint density at radius 2 is 0.583 bits per heavy atom. The van der Waals surface area contributed by atoms with E-state index in [9.17, 15) is 0 Å². The molecule has 0 aromatic carbocycles. The van der Waals surface area contributed by atoms with Gasteiger partial charge in [0.1, 0.15) is 0 Å². The van der Waals surface area contributed by atoms with Gasteiger partial charge in [-0.1, -0.05) is 41.5 Å². The number of hydrogen-bond acceptors (Lipinski definition) is 2. The second-order valence-electron chi connectivity index (χ2n) is 11.9. The Balaban J connectivity index is 0. The van der Waals surface area contributed by atoms with Gasteiger partial charge in [0.2, 0.25) is 0 Å². The van der Waals surface area contributed by atoms with Crippen molar-refractivity contribution in [1.29, 1.82) is 0 Å². The summed E-state index contributed by atoms with van der Waals surface area (Å²) in [6.07, 6.45) is 0. The van der Waals surface area contributed by atoms with Crippen LogP contribution in [0.5, 0.6) is 0 Å². The van der Waals surface area contributed by atoms with Crippen LogP contribution >= 0.6 is 0 Å². The Bertz CT molecular complexity index is 334. The van der Waals surface area contributed by atoms with Crippen LogP contribution in [0.2, 0.25) is 36.3 Å². The third kappa shape index (κ3) is 11.1. The molecule has 4 heteroatoms. The standard InChI is InChI=1S/2C10H24OSi/c2*1-9(2,3)11-12(7,8)10(4,5)6/h2*1-8H3. The molecule has 0 spiro atoms. The molecule has 24 heavy (non-hydrogen) atoms. The fraction of sp³-hybridized carbons (Fsp3) is 1.00. The van der Waals surface area contributed by atoms with E-state index in [0.717, 1.165) is 0 Å². The van der Waals surface area contributed by atoms with Gasteiger partial charge in [0.05, 0.1) is 0 Å². The van der Waals surface area contributed by atoms with E-state index in [2.05, 4.69) is 109 Å². The maximum absolute atomic E-state index is 6.13. The van der Waals surface area contributed by atoms with E-state index in [-0.39, 0.29) is 11.2 Å². The third-order valence-corrected chi connectivity index (χ3v) is 14.2. The van der Waals surface area contributed by atoms with Crippen LogP contribution < -0.4 is 0 Å². The first-order chi connectivity index (χ1) is 9.91. The number of rotatable bonds is 2. The monoisotopic (exact) mass is 376 g/mol. The molecule has 0 aromatic heterocycles. The number of hydrogen-bond donors (Lipinski definition) is 0. The minimum Gasteiger partial charge on any atom is -0.412 e. The lowest BCUT2D eigenvalue weighted by molar-refractivity contribution is 0.111. The van der Waals surface area contributed by atoms with Crippen molar-refractivity contribution >= 4 is 16.6 Å². The van der Waals surface area contributed by atoms with E-state index >= 15 is 0 Å². The van der Waals surface area contributed by atoms with Crippen molar-refractivity contribution in [3.8, 4) is 0 Å². The van der Waals surface area contributed by atoms with E-state index in [1.807, 2.05) is 0 Å². The Morgan fingerprint density at radius 3 is 0.625 bits per heavy atom. The first kappa shape index (κ1) is 26.6. The van der Waals surface area contributed by atoms with Crippen LogP contribution in [-0.2, 0) is 8.85 Å². The molecule has 0 amide bonds. The Morgan fingerprint density at radius 1 is 0.417 bits per heavy atom. The lowest BCUT2D eigenvalue weighted by Gasteiger charge is -2.41. The Hall–Kier alpha value is 0.354. The Kier molecular flexibility index (Phi) is 8.79. The van der Waals surface area contributed by atoms with Gasteiger partial charge in [-0.2, -0.15) is 0 Å². The highest BCUT2D eigenvalue weighted by Gasteiger charge is 2.40. The first-order valence-corrected chi connectivity index (χ1v) is 15.1. The van der Waals surface area contributed by atoms with Gasteiger partial charge >= 0.3 is 0 Å². The predicted octanol–water partition coefficient (Wildman–Crippen LogP) is 7.61. The molecule has 0 aliphatic carbocycles. The highest BCUT2D eigenvalue weighted by atomic mass is 28.4. The van der Waals surface area contributed by atoms with E-state index in [1.54, 1.807) is 0 Å². The fourth-order valence-corrected chi connectivity index (χ4v) is 5.51. The molecule has 0 atom stereocenters. The maximum Gasteiger partial charge on any atom is 0.192 e. The second-order valence-corrected chi connectivity index (χ2v) is 21.4. The lowest BCUT2D eigenvalue weighted by Crippen LogP contribution is -2.46. The molecule has 0 heterocycles. The van der Waals surface area contributed by atoms with Gasteiger partial charge in [0.15, 0.2) is 16.6 Å². The largest absolute Gasteiger partial charge is 0.412 e. The van der Waals surface area contributed by atoms with Gasteiger partial charge < -0.3 is 8.85 Å². The molecule has 0 aliphatic rings. The van der Waals surface area contributed by atoms with E-state index in [4.69, 9.17) is 8.85 Å². The molecule has 0 N–H and O–H groups in total. The van der Waals surface area contributed by atoms with Crippen LogP contribution in [0.1, 0.15) is 83.1 Å². The van der Waals surface area contributed by atoms with Crippen molar-refractivity contribution in [2.45, 2.75) is 131 Å². The molecular formula is C20H48O2Si2. The average molecular weight is 377 g/mol. The van der Waals surface area contributed by atoms with Crippen molar-refractivity contribution in [2.75, 3.05) is 0 Å². The van der Waals surface area contributed by atoms with E-state index < -0.39 is 16.6 Å². The topological polar surface area (TPSA) is 18.5 Å². The summed E-state index contributed by atoms with van der Waals surface area (Å²) in [7, 11) is -3.08. The first-order valence-electron chi connectivity index (χ1n) is 9.32. The normalized spacial score (nSPS) is 15.0. The van der Waals surface area contributed by atoms with Crippen molar-refractivity contribution in [1.82, 2.24) is 0 Å². The molecule has 0 aliphatic heterocycles. The smallest absolute Gasteiger partial charge is 0.192 e. The maximum atomic E-state index is 6.13. The summed E-state index contributed by atoms with van der Waals surface area (Å²) >= 11 is 0. The molecule has 2 nitrogen and oxygen atoms in total. The van der Waals surface area contributed by atoms with Crippen LogP contribution in [0.25, 0.3) is 0 Å². The molecule has 148 valence electrons. The van der Waals surface area contributed by atoms with Crippen LogP contribution in [-0.4, -0.2) is 27.8 Å². The molecule has 0 bridgehead atoms. The van der Waals surface area contributed by atoms with Crippen LogP contribution in [0.3, 0.4) is 0 Å². The van der Waals surface area contributed by atoms with Crippen molar-refractivity contribution in [3.63, 3.8) is 0 Å². The average Bonchev–Trinajstić information content (AvgIpc) is 2.05. The van der Waals surface area contributed by atoms with E-state index in [0.29, 0.717) is 10.1 Å². The summed E-state index contributed by atoms with van der Waals surface area (Å²) in [6, 6.07) is 0. The highest BCUT2D eigenvalue weighted by molar-refractivity contribution is 6.74. The molecule has 0 radical (unpaired) electrons. The van der Waals surface area contributed by atoms with Crippen molar-refractivity contribution in [2.24, 2.45) is 0 Å². The third-order valence-electron chi connectivity index (χ3n) is 4.74. The molecule has 0 saturated carbocycles. The van der Waals surface area contributed by atoms with Gasteiger partial charge in [-0.25, -0.2) is 0 Å². The summed E-state index contributed by atoms with van der Waals surface area (Å²) in [5, 5.41) is 0.639. The zero-order chi connectivity index (χ0) is 20.4. The summed E-state index contributed by atoms with van der Waals surface area (Å²) < 4.78 is 12.3. The van der Waals surface area contributed by atoms with Gasteiger partial charge in [-0.05, 0) is 77.8 Å². The zero-order valence-corrected chi connectivity index (χ0v) is 21.8. The van der Waals surface area contributed by atoms with Gasteiger partial charge in [0.25, 0.3) is 0 Å². The summed E-state index contributed by atoms with van der Waals surface area (Å²) in [5.41, 5.74) is 0.00596. The predicted molar refractivity (Wildman–Crippen MR) is 116 cm³/mol. The van der Waals surface area contributed by atoms with Gasteiger partial charge in [-0.15, -0.1) is 0 Å². The van der Waals surface area contributed by atoms with E-state index in [1.165, 1.54) is 0 Å². The minimum absolute atomic E-state index is 0.00298. The SMILES string of the molecule is CC(C)(C)O[Si](C)(C)C(C)(C)C.CC(C)(C)O[Si](C)(C)C(C)(C)C. The van der Waals surface area contributed by atoms with Crippen LogP contribution in [0, 0.1) is 0 Å². The summed E-state index contributed by atoms with van der Waals surface area (Å²) in [4.78, 5) is 0. The van der Waals surface area contributed by atoms with Gasteiger partial charge in [-0.3, -0.25) is 0 Å². The molecule has 0 aromatic rings. The fourth-order valence-electron chi connectivity index (χ4n) is 1.84. The van der Waals surface area contributed by atoms with Crippen LogP contribution in [0.4, 0.5) is 0 Å². The second kappa shape index (κ2) is 7.93. The van der Waals surface area contributed by atoms with Crippen LogP contribution in [0.15, 0.2) is 0 Å².